The molecule has 4 nitrogen and oxygen atoms in total. The molecule has 1 aromatic rings. The number of carbonyl (C=O) groups excluding carboxylic acids is 1. The standard InChI is InChI=1S/C15H22N2O2.ClH/c1-3-10-19-13-6-4-12(5-7-13)17-14(18)15(2)8-9-16-11-15;/h4-7,16H,3,8-11H2,1-2H3,(H,17,18);1H. The molecule has 1 heterocycles. The molecule has 1 aliphatic heterocycles. The second kappa shape index (κ2) is 7.50. The van der Waals surface area contributed by atoms with Crippen molar-refractivity contribution in [1.82, 2.24) is 5.32 Å². The number of benzene rings is 1. The molecule has 0 aliphatic carbocycles. The number of anilines is 1. The maximum absolute atomic E-state index is 12.2. The highest BCUT2D eigenvalue weighted by Gasteiger charge is 2.36. The lowest BCUT2D eigenvalue weighted by atomic mass is 9.89. The summed E-state index contributed by atoms with van der Waals surface area (Å²) in [7, 11) is 0. The molecule has 0 aromatic heterocycles. The largest absolute Gasteiger partial charge is 0.494 e. The van der Waals surface area contributed by atoms with Crippen LogP contribution in [-0.2, 0) is 4.79 Å². The van der Waals surface area contributed by atoms with Crippen molar-refractivity contribution in [2.45, 2.75) is 26.7 Å². The van der Waals surface area contributed by atoms with E-state index in [2.05, 4.69) is 17.6 Å². The highest BCUT2D eigenvalue weighted by Crippen LogP contribution is 2.26. The molecule has 5 heteroatoms. The van der Waals surface area contributed by atoms with E-state index < -0.39 is 0 Å². The van der Waals surface area contributed by atoms with E-state index >= 15 is 0 Å². The molecule has 0 spiro atoms. The first-order chi connectivity index (χ1) is 9.14. The minimum atomic E-state index is -0.294. The molecule has 112 valence electrons. The van der Waals surface area contributed by atoms with E-state index in [1.165, 1.54) is 0 Å². The van der Waals surface area contributed by atoms with Gasteiger partial charge in [0.1, 0.15) is 5.75 Å². The van der Waals surface area contributed by atoms with E-state index in [1.807, 2.05) is 31.2 Å². The Morgan fingerprint density at radius 1 is 1.40 bits per heavy atom. The highest BCUT2D eigenvalue weighted by molar-refractivity contribution is 5.95. The minimum absolute atomic E-state index is 0. The normalized spacial score (nSPS) is 21.1. The summed E-state index contributed by atoms with van der Waals surface area (Å²) >= 11 is 0. The summed E-state index contributed by atoms with van der Waals surface area (Å²) in [5.74, 6) is 0.924. The number of amides is 1. The van der Waals surface area contributed by atoms with Crippen molar-refractivity contribution in [2.24, 2.45) is 5.41 Å². The molecule has 2 rings (SSSR count). The molecule has 1 aliphatic rings. The van der Waals surface area contributed by atoms with Gasteiger partial charge < -0.3 is 15.4 Å². The Balaban J connectivity index is 0.00000200. The van der Waals surface area contributed by atoms with Crippen molar-refractivity contribution >= 4 is 24.0 Å². The van der Waals surface area contributed by atoms with Crippen LogP contribution in [0.25, 0.3) is 0 Å². The van der Waals surface area contributed by atoms with Crippen LogP contribution in [0.1, 0.15) is 26.7 Å². The molecule has 1 aromatic carbocycles. The average molecular weight is 299 g/mol. The number of rotatable bonds is 5. The second-order valence-corrected chi connectivity index (χ2v) is 5.31. The molecule has 1 fully saturated rings. The molecule has 1 amide bonds. The van der Waals surface area contributed by atoms with Crippen LogP contribution in [0.15, 0.2) is 24.3 Å². The lowest BCUT2D eigenvalue weighted by Crippen LogP contribution is -2.35. The Hall–Kier alpha value is -1.26. The summed E-state index contributed by atoms with van der Waals surface area (Å²) in [4.78, 5) is 12.2. The van der Waals surface area contributed by atoms with E-state index in [0.29, 0.717) is 0 Å². The summed E-state index contributed by atoms with van der Waals surface area (Å²) in [6, 6.07) is 7.55. The first kappa shape index (κ1) is 16.8. The second-order valence-electron chi connectivity index (χ2n) is 5.31. The van der Waals surface area contributed by atoms with Gasteiger partial charge in [0.15, 0.2) is 0 Å². The van der Waals surface area contributed by atoms with Crippen LogP contribution in [0, 0.1) is 5.41 Å². The van der Waals surface area contributed by atoms with Crippen molar-refractivity contribution in [2.75, 3.05) is 25.0 Å². The Morgan fingerprint density at radius 2 is 2.10 bits per heavy atom. The maximum atomic E-state index is 12.2. The van der Waals surface area contributed by atoms with Gasteiger partial charge in [-0.3, -0.25) is 4.79 Å². The monoisotopic (exact) mass is 298 g/mol. The fraction of sp³-hybridized carbons (Fsp3) is 0.533. The minimum Gasteiger partial charge on any atom is -0.494 e. The quantitative estimate of drug-likeness (QED) is 0.879. The fourth-order valence-corrected chi connectivity index (χ4v) is 2.15. The van der Waals surface area contributed by atoms with Crippen LogP contribution in [0.5, 0.6) is 5.75 Å². The molecule has 1 atom stereocenters. The first-order valence-corrected chi connectivity index (χ1v) is 6.89. The lowest BCUT2D eigenvalue weighted by molar-refractivity contribution is -0.123. The van der Waals surface area contributed by atoms with Gasteiger partial charge in [0.2, 0.25) is 5.91 Å². The third-order valence-electron chi connectivity index (χ3n) is 3.50. The van der Waals surface area contributed by atoms with Gasteiger partial charge in [0.25, 0.3) is 0 Å². The van der Waals surface area contributed by atoms with Crippen LogP contribution in [0.4, 0.5) is 5.69 Å². The van der Waals surface area contributed by atoms with Crippen LogP contribution < -0.4 is 15.4 Å². The van der Waals surface area contributed by atoms with Crippen LogP contribution >= 0.6 is 12.4 Å². The lowest BCUT2D eigenvalue weighted by Gasteiger charge is -2.21. The van der Waals surface area contributed by atoms with Crippen LogP contribution in [0.3, 0.4) is 0 Å². The van der Waals surface area contributed by atoms with Gasteiger partial charge in [0, 0.05) is 12.2 Å². The van der Waals surface area contributed by atoms with E-state index in [9.17, 15) is 4.79 Å². The van der Waals surface area contributed by atoms with Crippen molar-refractivity contribution in [3.05, 3.63) is 24.3 Å². The van der Waals surface area contributed by atoms with Gasteiger partial charge >= 0.3 is 0 Å². The molecule has 0 saturated carbocycles. The van der Waals surface area contributed by atoms with E-state index in [4.69, 9.17) is 4.74 Å². The number of hydrogen-bond donors (Lipinski definition) is 2. The average Bonchev–Trinajstić information content (AvgIpc) is 2.86. The van der Waals surface area contributed by atoms with Crippen LogP contribution in [-0.4, -0.2) is 25.6 Å². The Bertz CT molecular complexity index is 428. The molecule has 0 radical (unpaired) electrons. The smallest absolute Gasteiger partial charge is 0.231 e. The van der Waals surface area contributed by atoms with Crippen molar-refractivity contribution in [1.29, 1.82) is 0 Å². The van der Waals surface area contributed by atoms with Gasteiger partial charge in [-0.25, -0.2) is 0 Å². The molecule has 1 unspecified atom stereocenters. The molecular formula is C15H23ClN2O2. The number of halogens is 1. The highest BCUT2D eigenvalue weighted by atomic mass is 35.5. The van der Waals surface area contributed by atoms with Gasteiger partial charge in [-0.2, -0.15) is 0 Å². The third kappa shape index (κ3) is 4.12. The van der Waals surface area contributed by atoms with E-state index in [-0.39, 0.29) is 23.7 Å². The zero-order valence-electron chi connectivity index (χ0n) is 12.1. The Morgan fingerprint density at radius 3 is 2.65 bits per heavy atom. The summed E-state index contributed by atoms with van der Waals surface area (Å²) in [5.41, 5.74) is 0.527. The third-order valence-corrected chi connectivity index (χ3v) is 3.50. The maximum Gasteiger partial charge on any atom is 0.231 e. The van der Waals surface area contributed by atoms with Gasteiger partial charge in [-0.15, -0.1) is 12.4 Å². The van der Waals surface area contributed by atoms with Gasteiger partial charge in [-0.1, -0.05) is 6.92 Å². The molecule has 1 saturated heterocycles. The van der Waals surface area contributed by atoms with Crippen LogP contribution in [0.2, 0.25) is 0 Å². The zero-order valence-corrected chi connectivity index (χ0v) is 12.9. The summed E-state index contributed by atoms with van der Waals surface area (Å²) in [5, 5.41) is 6.20. The summed E-state index contributed by atoms with van der Waals surface area (Å²) in [6.07, 6.45) is 1.88. The summed E-state index contributed by atoms with van der Waals surface area (Å²) < 4.78 is 5.51. The number of hydrogen-bond acceptors (Lipinski definition) is 3. The molecular weight excluding hydrogens is 276 g/mol. The SMILES string of the molecule is CCCOc1ccc(NC(=O)C2(C)CCNC2)cc1.Cl. The zero-order chi connectivity index (χ0) is 13.7. The number of nitrogens with one attached hydrogen (secondary N) is 2. The van der Waals surface area contributed by atoms with E-state index in [1.54, 1.807) is 0 Å². The topological polar surface area (TPSA) is 50.4 Å². The molecule has 20 heavy (non-hydrogen) atoms. The Labute approximate surface area is 126 Å². The first-order valence-electron chi connectivity index (χ1n) is 6.89. The molecule has 2 N–H and O–H groups in total. The Kier molecular flexibility index (Phi) is 6.30. The van der Waals surface area contributed by atoms with Crippen molar-refractivity contribution in [3.63, 3.8) is 0 Å². The predicted molar refractivity (Wildman–Crippen MR) is 83.7 cm³/mol. The van der Waals surface area contributed by atoms with Gasteiger partial charge in [-0.05, 0) is 50.6 Å². The summed E-state index contributed by atoms with van der Waals surface area (Å²) in [6.45, 7) is 6.45. The number of ether oxygens (including phenoxy) is 1. The molecule has 0 bridgehead atoms. The fourth-order valence-electron chi connectivity index (χ4n) is 2.15. The van der Waals surface area contributed by atoms with Crippen molar-refractivity contribution in [3.8, 4) is 5.75 Å². The van der Waals surface area contributed by atoms with E-state index in [0.717, 1.165) is 44.0 Å². The number of carbonyl (C=O) groups is 1. The van der Waals surface area contributed by atoms with Gasteiger partial charge in [0.05, 0.1) is 12.0 Å². The predicted octanol–water partition coefficient (Wildman–Crippen LogP) is 2.84. The van der Waals surface area contributed by atoms with Crippen molar-refractivity contribution < 1.29 is 9.53 Å².